The van der Waals surface area contributed by atoms with Crippen molar-refractivity contribution in [2.75, 3.05) is 20.2 Å². The van der Waals surface area contributed by atoms with Gasteiger partial charge in [0.25, 0.3) is 0 Å². The van der Waals surface area contributed by atoms with Crippen molar-refractivity contribution in [3.8, 4) is 16.9 Å². The maximum atomic E-state index is 6.01. The van der Waals surface area contributed by atoms with Crippen LogP contribution < -0.4 is 15.4 Å². The Kier molecular flexibility index (Phi) is 7.44. The molecule has 0 aliphatic carbocycles. The molecule has 0 amide bonds. The lowest BCUT2D eigenvalue weighted by atomic mass is 10.1. The van der Waals surface area contributed by atoms with Crippen molar-refractivity contribution in [2.45, 2.75) is 19.9 Å². The Hall–Kier alpha value is -2.86. The van der Waals surface area contributed by atoms with Gasteiger partial charge in [-0.15, -0.1) is 11.3 Å². The number of hydrogen-bond donors (Lipinski definition) is 2. The fourth-order valence-electron chi connectivity index (χ4n) is 2.75. The summed E-state index contributed by atoms with van der Waals surface area (Å²) in [5, 5.41) is 7.63. The third-order valence-electron chi connectivity index (χ3n) is 4.20. The van der Waals surface area contributed by atoms with Crippen molar-refractivity contribution in [3.63, 3.8) is 0 Å². The third kappa shape index (κ3) is 5.57. The second-order valence-corrected chi connectivity index (χ2v) is 7.34. The summed E-state index contributed by atoms with van der Waals surface area (Å²) < 4.78 is 6.01. The van der Waals surface area contributed by atoms with E-state index in [0.717, 1.165) is 34.3 Å². The van der Waals surface area contributed by atoms with E-state index in [1.54, 1.807) is 18.4 Å². The van der Waals surface area contributed by atoms with Crippen LogP contribution in [0, 0.1) is 0 Å². The standard InChI is InChI=1S/C22H26N4OS/c1-3-18-15-25-21(28-18)16-26-22(23-2)24-13-14-27-20-12-8-7-11-19(20)17-9-5-4-6-10-17/h4-12,15H,3,13-14,16H2,1-2H3,(H2,23,24,26). The number of aromatic nitrogens is 1. The van der Waals surface area contributed by atoms with Crippen LogP contribution in [-0.4, -0.2) is 31.1 Å². The molecule has 0 aliphatic rings. The summed E-state index contributed by atoms with van der Waals surface area (Å²) >= 11 is 1.73. The minimum absolute atomic E-state index is 0.543. The van der Waals surface area contributed by atoms with Gasteiger partial charge in [-0.1, -0.05) is 55.5 Å². The quantitative estimate of drug-likeness (QED) is 0.343. The molecule has 146 valence electrons. The molecule has 0 spiro atoms. The fourth-order valence-corrected chi connectivity index (χ4v) is 3.55. The average molecular weight is 395 g/mol. The normalized spacial score (nSPS) is 11.3. The van der Waals surface area contributed by atoms with Crippen LogP contribution in [0.15, 0.2) is 65.8 Å². The molecule has 2 aromatic carbocycles. The van der Waals surface area contributed by atoms with Gasteiger partial charge in [0, 0.05) is 23.7 Å². The maximum Gasteiger partial charge on any atom is 0.191 e. The van der Waals surface area contributed by atoms with Gasteiger partial charge in [-0.3, -0.25) is 4.99 Å². The highest BCUT2D eigenvalue weighted by atomic mass is 32.1. The molecular weight excluding hydrogens is 368 g/mol. The number of rotatable bonds is 8. The summed E-state index contributed by atoms with van der Waals surface area (Å²) in [6, 6.07) is 18.4. The monoisotopic (exact) mass is 394 g/mol. The van der Waals surface area contributed by atoms with Crippen molar-refractivity contribution in [2.24, 2.45) is 4.99 Å². The van der Waals surface area contributed by atoms with E-state index in [-0.39, 0.29) is 0 Å². The number of aryl methyl sites for hydroxylation is 1. The summed E-state index contributed by atoms with van der Waals surface area (Å²) in [4.78, 5) is 9.97. The summed E-state index contributed by atoms with van der Waals surface area (Å²) in [6.45, 7) is 4.01. The molecule has 0 atom stereocenters. The number of benzene rings is 2. The van der Waals surface area contributed by atoms with Gasteiger partial charge in [-0.2, -0.15) is 0 Å². The average Bonchev–Trinajstić information content (AvgIpc) is 3.22. The zero-order chi connectivity index (χ0) is 19.6. The van der Waals surface area contributed by atoms with E-state index in [2.05, 4.69) is 45.7 Å². The molecule has 0 fully saturated rings. The van der Waals surface area contributed by atoms with E-state index in [9.17, 15) is 0 Å². The molecular formula is C22H26N4OS. The van der Waals surface area contributed by atoms with Crippen LogP contribution in [0.25, 0.3) is 11.1 Å². The van der Waals surface area contributed by atoms with E-state index in [0.29, 0.717) is 19.7 Å². The van der Waals surface area contributed by atoms with Crippen LogP contribution in [0.3, 0.4) is 0 Å². The molecule has 0 saturated heterocycles. The highest BCUT2D eigenvalue weighted by Crippen LogP contribution is 2.29. The zero-order valence-electron chi connectivity index (χ0n) is 16.3. The largest absolute Gasteiger partial charge is 0.491 e. The summed E-state index contributed by atoms with van der Waals surface area (Å²) in [5.41, 5.74) is 2.25. The Morgan fingerprint density at radius 2 is 1.86 bits per heavy atom. The van der Waals surface area contributed by atoms with Crippen molar-refractivity contribution >= 4 is 17.3 Å². The van der Waals surface area contributed by atoms with Crippen LogP contribution in [0.4, 0.5) is 0 Å². The lowest BCUT2D eigenvalue weighted by Crippen LogP contribution is -2.38. The Bertz CT molecular complexity index is 892. The Balaban J connectivity index is 1.47. The number of guanidine groups is 1. The third-order valence-corrected chi connectivity index (χ3v) is 5.35. The molecule has 0 bridgehead atoms. The summed E-state index contributed by atoms with van der Waals surface area (Å²) in [6.07, 6.45) is 2.96. The molecule has 0 radical (unpaired) electrons. The maximum absolute atomic E-state index is 6.01. The predicted molar refractivity (Wildman–Crippen MR) is 117 cm³/mol. The van der Waals surface area contributed by atoms with Gasteiger partial charge in [0.1, 0.15) is 17.4 Å². The zero-order valence-corrected chi connectivity index (χ0v) is 17.1. The van der Waals surface area contributed by atoms with Gasteiger partial charge in [0.15, 0.2) is 5.96 Å². The summed E-state index contributed by atoms with van der Waals surface area (Å²) in [7, 11) is 1.76. The smallest absolute Gasteiger partial charge is 0.191 e. The van der Waals surface area contributed by atoms with Crippen molar-refractivity contribution in [3.05, 3.63) is 70.7 Å². The highest BCUT2D eigenvalue weighted by Gasteiger charge is 2.06. The van der Waals surface area contributed by atoms with Crippen LogP contribution in [0.1, 0.15) is 16.8 Å². The van der Waals surface area contributed by atoms with E-state index in [1.807, 2.05) is 42.6 Å². The van der Waals surface area contributed by atoms with Crippen LogP contribution in [0.5, 0.6) is 5.75 Å². The van der Waals surface area contributed by atoms with Gasteiger partial charge in [0.2, 0.25) is 0 Å². The van der Waals surface area contributed by atoms with Crippen LogP contribution in [-0.2, 0) is 13.0 Å². The van der Waals surface area contributed by atoms with E-state index >= 15 is 0 Å². The van der Waals surface area contributed by atoms with Gasteiger partial charge in [-0.25, -0.2) is 4.98 Å². The number of aliphatic imine (C=N–C) groups is 1. The lowest BCUT2D eigenvalue weighted by Gasteiger charge is -2.14. The molecule has 0 saturated carbocycles. The first kappa shape index (κ1) is 19.9. The number of nitrogens with one attached hydrogen (secondary N) is 2. The predicted octanol–water partition coefficient (Wildman–Crippen LogP) is 4.12. The van der Waals surface area contributed by atoms with Crippen LogP contribution >= 0.6 is 11.3 Å². The molecule has 28 heavy (non-hydrogen) atoms. The minimum Gasteiger partial charge on any atom is -0.491 e. The second kappa shape index (κ2) is 10.5. The molecule has 6 heteroatoms. The highest BCUT2D eigenvalue weighted by molar-refractivity contribution is 7.11. The SMILES string of the molecule is CCc1cnc(CNC(=NC)NCCOc2ccccc2-c2ccccc2)s1. The second-order valence-electron chi connectivity index (χ2n) is 6.14. The first-order valence-electron chi connectivity index (χ1n) is 9.45. The number of hydrogen-bond acceptors (Lipinski definition) is 4. The van der Waals surface area contributed by atoms with Gasteiger partial charge in [-0.05, 0) is 18.1 Å². The fraction of sp³-hybridized carbons (Fsp3) is 0.273. The molecule has 3 rings (SSSR count). The topological polar surface area (TPSA) is 58.5 Å². The molecule has 3 aromatic rings. The van der Waals surface area contributed by atoms with Crippen molar-refractivity contribution < 1.29 is 4.74 Å². The molecule has 0 aliphatic heterocycles. The van der Waals surface area contributed by atoms with Crippen molar-refractivity contribution in [1.82, 2.24) is 15.6 Å². The number of nitrogens with zero attached hydrogens (tertiary/aromatic N) is 2. The van der Waals surface area contributed by atoms with E-state index < -0.39 is 0 Å². The summed E-state index contributed by atoms with van der Waals surface area (Å²) in [5.74, 6) is 1.63. The number of ether oxygens (including phenoxy) is 1. The Morgan fingerprint density at radius 3 is 2.61 bits per heavy atom. The van der Waals surface area contributed by atoms with Gasteiger partial charge in [0.05, 0.1) is 13.1 Å². The molecule has 1 aromatic heterocycles. The Morgan fingerprint density at radius 1 is 1.07 bits per heavy atom. The van der Waals surface area contributed by atoms with Gasteiger partial charge >= 0.3 is 0 Å². The molecule has 1 heterocycles. The number of para-hydroxylation sites is 1. The minimum atomic E-state index is 0.543. The Labute approximate surface area is 170 Å². The lowest BCUT2D eigenvalue weighted by molar-refractivity contribution is 0.323. The van der Waals surface area contributed by atoms with E-state index in [1.165, 1.54) is 4.88 Å². The first-order valence-corrected chi connectivity index (χ1v) is 10.3. The van der Waals surface area contributed by atoms with Gasteiger partial charge < -0.3 is 15.4 Å². The molecule has 0 unspecified atom stereocenters. The number of thiazole rings is 1. The first-order chi connectivity index (χ1) is 13.8. The van der Waals surface area contributed by atoms with E-state index in [4.69, 9.17) is 4.74 Å². The van der Waals surface area contributed by atoms with Crippen LogP contribution in [0.2, 0.25) is 0 Å². The molecule has 2 N–H and O–H groups in total. The van der Waals surface area contributed by atoms with Crippen molar-refractivity contribution in [1.29, 1.82) is 0 Å². The molecule has 5 nitrogen and oxygen atoms in total.